The molecule has 0 aromatic carbocycles. The fraction of sp³-hybridized carbons (Fsp3) is 0.286. The molecule has 2 aromatic heterocycles. The molecule has 0 aliphatic heterocycles. The van der Waals surface area contributed by atoms with Crippen molar-refractivity contribution < 1.29 is 41.0 Å². The number of nitrogens with one attached hydrogen (secondary N) is 1. The number of carbonyl (C=O) groups is 2. The molecule has 28 heavy (non-hydrogen) atoms. The first-order valence-corrected chi connectivity index (χ1v) is 9.21. The van der Waals surface area contributed by atoms with Gasteiger partial charge in [-0.1, -0.05) is 4.68 Å². The van der Waals surface area contributed by atoms with Crippen LogP contribution in [-0.2, 0) is 26.2 Å². The summed E-state index contributed by atoms with van der Waals surface area (Å²) in [6.45, 7) is 0.275. The molecule has 2 aromatic rings. The Balaban J connectivity index is 0.000000480. The summed E-state index contributed by atoms with van der Waals surface area (Å²) in [5.41, 5.74) is 0.757. The smallest absolute Gasteiger partial charge is 0.475 e. The van der Waals surface area contributed by atoms with Crippen molar-refractivity contribution in [1.82, 2.24) is 19.8 Å². The van der Waals surface area contributed by atoms with E-state index in [4.69, 9.17) is 9.90 Å². The van der Waals surface area contributed by atoms with Crippen LogP contribution >= 0.6 is 0 Å². The molecule has 0 spiro atoms. The van der Waals surface area contributed by atoms with Crippen LogP contribution in [0.2, 0.25) is 0 Å². The molecule has 0 saturated heterocycles. The second-order valence-corrected chi connectivity index (χ2v) is 6.85. The van der Waals surface area contributed by atoms with Crippen molar-refractivity contribution in [2.24, 2.45) is 0 Å². The van der Waals surface area contributed by atoms with Gasteiger partial charge < -0.3 is 5.11 Å². The van der Waals surface area contributed by atoms with Gasteiger partial charge >= 0.3 is 12.1 Å². The Morgan fingerprint density at radius 3 is 2.25 bits per heavy atom. The summed E-state index contributed by atoms with van der Waals surface area (Å²) >= 11 is 0. The summed E-state index contributed by atoms with van der Waals surface area (Å²) in [5.74, 6) is -2.76. The van der Waals surface area contributed by atoms with Crippen molar-refractivity contribution in [3.63, 3.8) is 0 Å². The van der Waals surface area contributed by atoms with E-state index in [1.54, 1.807) is 36.9 Å². The topological polar surface area (TPSA) is 143 Å². The number of aryl methyl sites for hydroxylation is 1. The number of sulfonamides is 1. The highest BCUT2D eigenvalue weighted by Crippen LogP contribution is 2.13. The largest absolute Gasteiger partial charge is 0.490 e. The second-order valence-electron chi connectivity index (χ2n) is 5.10. The number of carbonyl (C=O) groups excluding carboxylic acids is 1. The number of aromatic nitrogens is 4. The second kappa shape index (κ2) is 9.68. The first kappa shape index (κ1) is 22.9. The molecule has 0 atom stereocenters. The van der Waals surface area contributed by atoms with Crippen molar-refractivity contribution in [1.29, 1.82) is 0 Å². The Kier molecular flexibility index (Phi) is 7.91. The zero-order valence-electron chi connectivity index (χ0n) is 14.3. The maximum absolute atomic E-state index is 11.4. The van der Waals surface area contributed by atoms with Crippen LogP contribution in [0.15, 0.2) is 36.9 Å². The number of rotatable bonds is 5. The van der Waals surface area contributed by atoms with Crippen LogP contribution in [0.3, 0.4) is 0 Å². The van der Waals surface area contributed by atoms with Crippen molar-refractivity contribution in [3.05, 3.63) is 36.9 Å². The van der Waals surface area contributed by atoms with Gasteiger partial charge in [-0.3, -0.25) is 9.52 Å². The molecular formula is C14H15F3N5O5S+. The minimum absolute atomic E-state index is 0.0198. The number of amides is 1. The third-order valence-electron chi connectivity index (χ3n) is 2.70. The third-order valence-corrected chi connectivity index (χ3v) is 3.30. The van der Waals surface area contributed by atoms with Gasteiger partial charge in [0.25, 0.3) is 0 Å². The Hall–Kier alpha value is -3.16. The van der Waals surface area contributed by atoms with E-state index < -0.39 is 28.1 Å². The van der Waals surface area contributed by atoms with Gasteiger partial charge in [0.1, 0.15) is 6.20 Å². The molecule has 2 rings (SSSR count). The number of carboxylic acids is 1. The van der Waals surface area contributed by atoms with Crippen molar-refractivity contribution in [3.8, 4) is 11.4 Å². The van der Waals surface area contributed by atoms with Gasteiger partial charge in [0, 0.05) is 24.0 Å². The minimum Gasteiger partial charge on any atom is -0.475 e. The monoisotopic (exact) mass is 422 g/mol. The molecule has 14 heteroatoms. The molecule has 0 radical (unpaired) electrons. The summed E-state index contributed by atoms with van der Waals surface area (Å²) in [6, 6.07) is 3.50. The van der Waals surface area contributed by atoms with Crippen molar-refractivity contribution in [2.75, 3.05) is 6.26 Å². The predicted octanol–water partition coefficient (Wildman–Crippen LogP) is -0.0747. The third kappa shape index (κ3) is 8.98. The zero-order chi connectivity index (χ0) is 21.4. The first-order chi connectivity index (χ1) is 12.9. The summed E-state index contributed by atoms with van der Waals surface area (Å²) in [6.07, 6.45) is 2.41. The van der Waals surface area contributed by atoms with E-state index in [2.05, 4.69) is 15.1 Å². The highest BCUT2D eigenvalue weighted by molar-refractivity contribution is 7.89. The number of aliphatic carboxylic acids is 1. The lowest BCUT2D eigenvalue weighted by atomic mass is 10.3. The molecule has 0 bridgehead atoms. The number of alkyl halides is 3. The Bertz CT molecular complexity index is 905. The Morgan fingerprint density at radius 1 is 1.25 bits per heavy atom. The molecule has 152 valence electrons. The average Bonchev–Trinajstić information content (AvgIpc) is 2.59. The standard InChI is InChI=1S/C12H13N5O3S.C2HF3O2/c1-21(19,20)16-11(18)4-8-17-7-3-10(9-15-17)12-13-5-2-6-14-12;3-2(4,5)1(6)7/h2-3,5-7,9H,4,8H2,1H3;(H,6,7)/p+1. The van der Waals surface area contributed by atoms with Gasteiger partial charge in [-0.2, -0.15) is 13.2 Å². The molecule has 1 amide bonds. The highest BCUT2D eigenvalue weighted by atomic mass is 32.2. The van der Waals surface area contributed by atoms with E-state index >= 15 is 0 Å². The van der Waals surface area contributed by atoms with Gasteiger partial charge in [-0.25, -0.2) is 23.2 Å². The molecule has 0 saturated carbocycles. The summed E-state index contributed by atoms with van der Waals surface area (Å²) in [4.78, 5) is 28.5. The van der Waals surface area contributed by atoms with E-state index in [0.29, 0.717) is 5.82 Å². The lowest BCUT2D eigenvalue weighted by Gasteiger charge is -2.00. The maximum atomic E-state index is 11.4. The lowest BCUT2D eigenvalue weighted by molar-refractivity contribution is -0.752. The van der Waals surface area contributed by atoms with Crippen LogP contribution in [-0.4, -0.2) is 52.9 Å². The van der Waals surface area contributed by atoms with E-state index in [-0.39, 0.29) is 13.0 Å². The SMILES string of the molecule is CS(=O)(=O)NC(=O)CC[n+]1ccc(-c2ncccn2)cn1.O=C(O)C(F)(F)F. The number of nitrogens with zero attached hydrogens (tertiary/aromatic N) is 4. The van der Waals surface area contributed by atoms with Gasteiger partial charge in [0.15, 0.2) is 18.6 Å². The van der Waals surface area contributed by atoms with Crippen LogP contribution in [0, 0.1) is 0 Å². The number of hydrogen-bond donors (Lipinski definition) is 2. The Morgan fingerprint density at radius 2 is 1.82 bits per heavy atom. The van der Waals surface area contributed by atoms with Crippen LogP contribution in [0.4, 0.5) is 13.2 Å². The van der Waals surface area contributed by atoms with Crippen LogP contribution in [0.25, 0.3) is 11.4 Å². The van der Waals surface area contributed by atoms with Crippen LogP contribution < -0.4 is 9.40 Å². The number of hydrogen-bond acceptors (Lipinski definition) is 7. The fourth-order valence-corrected chi connectivity index (χ4v) is 2.09. The summed E-state index contributed by atoms with van der Waals surface area (Å²) in [5, 5.41) is 11.3. The van der Waals surface area contributed by atoms with Gasteiger partial charge in [-0.05, 0) is 11.2 Å². The maximum Gasteiger partial charge on any atom is 0.490 e. The predicted molar refractivity (Wildman–Crippen MR) is 86.8 cm³/mol. The molecule has 2 heterocycles. The molecule has 10 nitrogen and oxygen atoms in total. The normalized spacial score (nSPS) is 11.1. The average molecular weight is 422 g/mol. The van der Waals surface area contributed by atoms with Crippen molar-refractivity contribution in [2.45, 2.75) is 19.1 Å². The highest BCUT2D eigenvalue weighted by Gasteiger charge is 2.38. The Labute approximate surface area is 157 Å². The van der Waals surface area contributed by atoms with Gasteiger partial charge in [0.05, 0.1) is 12.7 Å². The lowest BCUT2D eigenvalue weighted by Crippen LogP contribution is -2.40. The summed E-state index contributed by atoms with van der Waals surface area (Å²) in [7, 11) is -3.52. The zero-order valence-corrected chi connectivity index (χ0v) is 15.1. The van der Waals surface area contributed by atoms with Gasteiger partial charge in [-0.15, -0.1) is 0 Å². The van der Waals surface area contributed by atoms with Gasteiger partial charge in [0.2, 0.25) is 15.9 Å². The van der Waals surface area contributed by atoms with E-state index in [0.717, 1.165) is 11.8 Å². The van der Waals surface area contributed by atoms with Crippen LogP contribution in [0.5, 0.6) is 0 Å². The van der Waals surface area contributed by atoms with Crippen molar-refractivity contribution >= 4 is 21.9 Å². The molecule has 0 aliphatic rings. The minimum atomic E-state index is -5.08. The van der Waals surface area contributed by atoms with E-state index in [1.807, 2.05) is 4.72 Å². The summed E-state index contributed by atoms with van der Waals surface area (Å²) < 4.78 is 56.9. The molecule has 0 fully saturated rings. The number of carboxylic acid groups (broad SMARTS) is 1. The fourth-order valence-electron chi connectivity index (χ4n) is 1.57. The van der Waals surface area contributed by atoms with E-state index in [1.165, 1.54) is 4.68 Å². The molecule has 0 unspecified atom stereocenters. The van der Waals surface area contributed by atoms with E-state index in [9.17, 15) is 26.4 Å². The quantitative estimate of drug-likeness (QED) is 0.637. The first-order valence-electron chi connectivity index (χ1n) is 7.32. The van der Waals surface area contributed by atoms with Crippen LogP contribution in [0.1, 0.15) is 6.42 Å². The number of halogens is 3. The molecule has 0 aliphatic carbocycles. The molecular weight excluding hydrogens is 407 g/mol. The molecule has 2 N–H and O–H groups in total.